The van der Waals surface area contributed by atoms with Gasteiger partial charge in [-0.1, -0.05) is 18.2 Å². The molecule has 28 heavy (non-hydrogen) atoms. The van der Waals surface area contributed by atoms with Crippen LogP contribution in [-0.4, -0.2) is 46.3 Å². The van der Waals surface area contributed by atoms with Gasteiger partial charge >= 0.3 is 0 Å². The Bertz CT molecular complexity index is 998. The molecule has 3 heterocycles. The zero-order valence-corrected chi connectivity index (χ0v) is 15.6. The second-order valence-electron chi connectivity index (χ2n) is 6.90. The van der Waals surface area contributed by atoms with Gasteiger partial charge in [-0.05, 0) is 37.1 Å². The summed E-state index contributed by atoms with van der Waals surface area (Å²) < 4.78 is 0. The first-order valence-electron chi connectivity index (χ1n) is 9.58. The Kier molecular flexibility index (Phi) is 5.28. The molecule has 1 aliphatic rings. The lowest BCUT2D eigenvalue weighted by Crippen LogP contribution is -2.32. The molecule has 2 amide bonds. The van der Waals surface area contributed by atoms with E-state index >= 15 is 0 Å². The number of likely N-dealkylation sites (tertiary alicyclic amines) is 1. The second-order valence-corrected chi connectivity index (χ2v) is 6.90. The van der Waals surface area contributed by atoms with Crippen LogP contribution in [0.25, 0.3) is 22.2 Å². The van der Waals surface area contributed by atoms with Crippen LogP contribution in [0.4, 0.5) is 0 Å². The van der Waals surface area contributed by atoms with Crippen molar-refractivity contribution in [3.63, 3.8) is 0 Å². The highest BCUT2D eigenvalue weighted by atomic mass is 16.2. The number of rotatable bonds is 5. The predicted molar refractivity (Wildman–Crippen MR) is 108 cm³/mol. The number of nitrogens with one attached hydrogen (secondary N) is 1. The monoisotopic (exact) mass is 374 g/mol. The predicted octanol–water partition coefficient (Wildman–Crippen LogP) is 3.04. The zero-order chi connectivity index (χ0) is 19.3. The molecular formula is C22H22N4O2. The maximum Gasteiger partial charge on any atom is 0.252 e. The van der Waals surface area contributed by atoms with E-state index in [1.165, 1.54) is 0 Å². The fraction of sp³-hybridized carbons (Fsp3) is 0.273. The van der Waals surface area contributed by atoms with E-state index in [1.54, 1.807) is 18.5 Å². The largest absolute Gasteiger partial charge is 0.351 e. The second kappa shape index (κ2) is 8.17. The fourth-order valence-electron chi connectivity index (χ4n) is 3.54. The highest BCUT2D eigenvalue weighted by Gasteiger charge is 2.18. The number of hydrogen-bond donors (Lipinski definition) is 1. The van der Waals surface area contributed by atoms with Crippen molar-refractivity contribution in [2.75, 3.05) is 19.6 Å². The third-order valence-electron chi connectivity index (χ3n) is 5.02. The van der Waals surface area contributed by atoms with Crippen LogP contribution in [0.2, 0.25) is 0 Å². The van der Waals surface area contributed by atoms with E-state index in [0.29, 0.717) is 18.5 Å². The number of pyridine rings is 2. The van der Waals surface area contributed by atoms with Gasteiger partial charge in [-0.15, -0.1) is 0 Å². The first kappa shape index (κ1) is 18.1. The van der Waals surface area contributed by atoms with Crippen molar-refractivity contribution in [3.8, 4) is 11.3 Å². The van der Waals surface area contributed by atoms with E-state index in [2.05, 4.69) is 15.3 Å². The first-order valence-corrected chi connectivity index (χ1v) is 9.58. The normalized spacial score (nSPS) is 13.6. The van der Waals surface area contributed by atoms with Crippen LogP contribution in [0.5, 0.6) is 0 Å². The van der Waals surface area contributed by atoms with Crippen molar-refractivity contribution >= 4 is 22.7 Å². The van der Waals surface area contributed by atoms with Gasteiger partial charge in [-0.25, -0.2) is 4.98 Å². The minimum Gasteiger partial charge on any atom is -0.351 e. The number of aromatic nitrogens is 2. The third kappa shape index (κ3) is 3.86. The molecule has 0 spiro atoms. The van der Waals surface area contributed by atoms with Gasteiger partial charge in [0.25, 0.3) is 5.91 Å². The standard InChI is InChI=1S/C22H22N4O2/c27-21(26-13-3-4-14-26)9-12-24-22(28)18-15-20(16-7-10-23-11-8-16)25-19-6-2-1-5-17(18)19/h1-2,5-8,10-11,15H,3-4,9,12-14H2,(H,24,28). The van der Waals surface area contributed by atoms with Crippen molar-refractivity contribution in [1.29, 1.82) is 0 Å². The van der Waals surface area contributed by atoms with Crippen molar-refractivity contribution in [2.45, 2.75) is 19.3 Å². The molecule has 4 rings (SSSR count). The molecule has 0 aliphatic carbocycles. The summed E-state index contributed by atoms with van der Waals surface area (Å²) in [7, 11) is 0. The van der Waals surface area contributed by atoms with Gasteiger partial charge in [-0.2, -0.15) is 0 Å². The fourth-order valence-corrected chi connectivity index (χ4v) is 3.54. The Morgan fingerprint density at radius 3 is 2.57 bits per heavy atom. The maximum absolute atomic E-state index is 12.9. The van der Waals surface area contributed by atoms with Crippen LogP contribution in [0, 0.1) is 0 Å². The van der Waals surface area contributed by atoms with Crippen molar-refractivity contribution in [2.24, 2.45) is 0 Å². The molecular weight excluding hydrogens is 352 g/mol. The van der Waals surface area contributed by atoms with Gasteiger partial charge in [0, 0.05) is 49.4 Å². The van der Waals surface area contributed by atoms with Gasteiger partial charge in [0.15, 0.2) is 0 Å². The van der Waals surface area contributed by atoms with E-state index in [0.717, 1.165) is 48.1 Å². The van der Waals surface area contributed by atoms with Crippen molar-refractivity contribution in [3.05, 3.63) is 60.4 Å². The summed E-state index contributed by atoms with van der Waals surface area (Å²) in [5, 5.41) is 3.69. The summed E-state index contributed by atoms with van der Waals surface area (Å²) in [6.45, 7) is 1.99. The molecule has 0 bridgehead atoms. The average Bonchev–Trinajstić information content (AvgIpc) is 3.28. The smallest absolute Gasteiger partial charge is 0.252 e. The lowest BCUT2D eigenvalue weighted by molar-refractivity contribution is -0.129. The van der Waals surface area contributed by atoms with Crippen molar-refractivity contribution < 1.29 is 9.59 Å². The number of carbonyl (C=O) groups is 2. The van der Waals surface area contributed by atoms with Crippen LogP contribution >= 0.6 is 0 Å². The number of carbonyl (C=O) groups excluding carboxylic acids is 2. The maximum atomic E-state index is 12.9. The van der Waals surface area contributed by atoms with Gasteiger partial charge in [0.1, 0.15) is 0 Å². The van der Waals surface area contributed by atoms with Gasteiger partial charge in [-0.3, -0.25) is 14.6 Å². The first-order chi connectivity index (χ1) is 13.7. The van der Waals surface area contributed by atoms with Crippen LogP contribution in [0.15, 0.2) is 54.9 Å². The third-order valence-corrected chi connectivity index (χ3v) is 5.02. The minimum atomic E-state index is -0.192. The quantitative estimate of drug-likeness (QED) is 0.745. The molecule has 3 aromatic rings. The average molecular weight is 374 g/mol. The Labute approximate surface area is 163 Å². The van der Waals surface area contributed by atoms with Gasteiger partial charge < -0.3 is 10.2 Å². The number of benzene rings is 1. The summed E-state index contributed by atoms with van der Waals surface area (Å²) >= 11 is 0. The number of nitrogens with zero attached hydrogens (tertiary/aromatic N) is 3. The van der Waals surface area contributed by atoms with Crippen molar-refractivity contribution in [1.82, 2.24) is 20.2 Å². The molecule has 1 aliphatic heterocycles. The molecule has 0 radical (unpaired) electrons. The van der Waals surface area contributed by atoms with Crippen LogP contribution in [0.3, 0.4) is 0 Å². The Balaban J connectivity index is 1.54. The molecule has 6 nitrogen and oxygen atoms in total. The van der Waals surface area contributed by atoms with E-state index in [1.807, 2.05) is 41.3 Å². The molecule has 0 unspecified atom stereocenters. The number of amides is 2. The SMILES string of the molecule is O=C(NCCC(=O)N1CCCC1)c1cc(-c2ccncc2)nc2ccccc12. The summed E-state index contributed by atoms with van der Waals surface area (Å²) in [6.07, 6.45) is 5.87. The Morgan fingerprint density at radius 1 is 1.04 bits per heavy atom. The highest BCUT2D eigenvalue weighted by molar-refractivity contribution is 6.07. The Hall–Kier alpha value is -3.28. The Morgan fingerprint density at radius 2 is 1.79 bits per heavy atom. The topological polar surface area (TPSA) is 75.2 Å². The van der Waals surface area contributed by atoms with Gasteiger partial charge in [0.05, 0.1) is 16.8 Å². The minimum absolute atomic E-state index is 0.106. The summed E-state index contributed by atoms with van der Waals surface area (Å²) in [5.74, 6) is -0.0852. The molecule has 1 saturated heterocycles. The number of fused-ring (bicyclic) bond motifs is 1. The molecule has 142 valence electrons. The number of hydrogen-bond acceptors (Lipinski definition) is 4. The molecule has 1 aromatic carbocycles. The molecule has 2 aromatic heterocycles. The lowest BCUT2D eigenvalue weighted by Gasteiger charge is -2.15. The molecule has 6 heteroatoms. The molecule has 0 saturated carbocycles. The summed E-state index contributed by atoms with van der Waals surface area (Å²) in [6, 6.07) is 13.1. The molecule has 1 N–H and O–H groups in total. The summed E-state index contributed by atoms with van der Waals surface area (Å²) in [4.78, 5) is 35.6. The highest BCUT2D eigenvalue weighted by Crippen LogP contribution is 2.24. The summed E-state index contributed by atoms with van der Waals surface area (Å²) in [5.41, 5.74) is 2.94. The van der Waals surface area contributed by atoms with Gasteiger partial charge in [0.2, 0.25) is 5.91 Å². The van der Waals surface area contributed by atoms with Crippen LogP contribution in [-0.2, 0) is 4.79 Å². The van der Waals surface area contributed by atoms with E-state index in [-0.39, 0.29) is 11.8 Å². The zero-order valence-electron chi connectivity index (χ0n) is 15.6. The van der Waals surface area contributed by atoms with Crippen LogP contribution in [0.1, 0.15) is 29.6 Å². The van der Waals surface area contributed by atoms with E-state index in [9.17, 15) is 9.59 Å². The molecule has 1 fully saturated rings. The van der Waals surface area contributed by atoms with E-state index < -0.39 is 0 Å². The lowest BCUT2D eigenvalue weighted by atomic mass is 10.0. The van der Waals surface area contributed by atoms with Crippen LogP contribution < -0.4 is 5.32 Å². The number of para-hydroxylation sites is 1. The molecule has 0 atom stereocenters. The van der Waals surface area contributed by atoms with E-state index in [4.69, 9.17) is 0 Å².